The zero-order chi connectivity index (χ0) is 34.1. The van der Waals surface area contributed by atoms with Crippen LogP contribution in [0.5, 0.6) is 0 Å². The summed E-state index contributed by atoms with van der Waals surface area (Å²) in [4.78, 5) is 8.00. The largest absolute Gasteiger partial charge is 0.314 e. The number of carbonyl (C=O) groups is 1. The Morgan fingerprint density at radius 3 is 1.52 bits per heavy atom. The van der Waals surface area contributed by atoms with Crippen molar-refractivity contribution in [2.75, 3.05) is 13.1 Å². The van der Waals surface area contributed by atoms with E-state index < -0.39 is 0 Å². The van der Waals surface area contributed by atoms with Crippen LogP contribution in [0.4, 0.5) is 0 Å². The smallest absolute Gasteiger partial charge is 0.106 e. The highest BCUT2D eigenvalue weighted by molar-refractivity contribution is 5.11. The van der Waals surface area contributed by atoms with E-state index in [-0.39, 0.29) is 0 Å². The molecule has 46 heavy (non-hydrogen) atoms. The Morgan fingerprint density at radius 2 is 1.02 bits per heavy atom. The number of hydroxylamine groups is 2. The average molecular weight is 648 g/mol. The van der Waals surface area contributed by atoms with Crippen LogP contribution >= 0.6 is 0 Å². The summed E-state index contributed by atoms with van der Waals surface area (Å²) in [5, 5.41) is 11.5. The Bertz CT molecular complexity index is 611. The van der Waals surface area contributed by atoms with Crippen molar-refractivity contribution in [1.29, 1.82) is 0 Å². The van der Waals surface area contributed by atoms with E-state index in [0.29, 0.717) is 0 Å². The lowest BCUT2D eigenvalue weighted by Crippen LogP contribution is -2.33. The first-order chi connectivity index (χ1) is 22.5. The molecule has 274 valence electrons. The Balaban J connectivity index is 0.00000127. The summed E-state index contributed by atoms with van der Waals surface area (Å²) in [6.07, 6.45) is 42.8. The molecule has 3 aliphatic rings. The van der Waals surface area contributed by atoms with Crippen molar-refractivity contribution in [3.05, 3.63) is 12.2 Å². The summed E-state index contributed by atoms with van der Waals surface area (Å²) in [6.45, 7) is 17.3. The minimum Gasteiger partial charge on any atom is -0.314 e. The molecule has 0 aromatic rings. The van der Waals surface area contributed by atoms with Gasteiger partial charge in [-0.1, -0.05) is 155 Å². The van der Waals surface area contributed by atoms with Crippen LogP contribution in [0, 0.1) is 17.3 Å². The predicted octanol–water partition coefficient (Wildman–Crippen LogP) is 14.5. The molecule has 3 aliphatic carbocycles. The molecule has 0 aromatic carbocycles. The fraction of sp³-hybridized carbons (Fsp3) is 0.930. The number of unbranched alkanes of at least 4 members (excludes halogenated alkanes) is 13. The van der Waals surface area contributed by atoms with Gasteiger partial charge in [0.15, 0.2) is 0 Å². The Hall–Kier alpha value is -0.670. The first-order valence-electron chi connectivity index (χ1n) is 20.9. The average Bonchev–Trinajstić information content (AvgIpc) is 3.08. The van der Waals surface area contributed by atoms with E-state index in [0.717, 1.165) is 43.2 Å². The van der Waals surface area contributed by atoms with Gasteiger partial charge in [-0.3, -0.25) is 0 Å². The van der Waals surface area contributed by atoms with Crippen LogP contribution in [0.2, 0.25) is 0 Å². The van der Waals surface area contributed by atoms with Gasteiger partial charge in [0.2, 0.25) is 0 Å². The van der Waals surface area contributed by atoms with Crippen LogP contribution < -0.4 is 0 Å². The highest BCUT2D eigenvalue weighted by Crippen LogP contribution is 2.52. The lowest BCUT2D eigenvalue weighted by atomic mass is 9.59. The third-order valence-corrected chi connectivity index (χ3v) is 11.3. The third kappa shape index (κ3) is 25.4. The van der Waals surface area contributed by atoms with Crippen LogP contribution in [-0.4, -0.2) is 30.1 Å². The molecular formula is C43H85NO2. The van der Waals surface area contributed by atoms with Gasteiger partial charge >= 0.3 is 0 Å². The number of nitrogens with zero attached hydrogens (tertiary/aromatic N) is 1. The quantitative estimate of drug-likeness (QED) is 0.0499. The van der Waals surface area contributed by atoms with Crippen molar-refractivity contribution < 1.29 is 10.0 Å². The lowest BCUT2D eigenvalue weighted by molar-refractivity contribution is -0.0980. The van der Waals surface area contributed by atoms with Crippen molar-refractivity contribution >= 4 is 6.79 Å². The second-order valence-electron chi connectivity index (χ2n) is 15.5. The molecule has 2 bridgehead atoms. The van der Waals surface area contributed by atoms with Crippen molar-refractivity contribution in [3.8, 4) is 0 Å². The lowest BCUT2D eigenvalue weighted by Gasteiger charge is -2.46. The molecule has 3 saturated carbocycles. The number of rotatable bonds is 29. The van der Waals surface area contributed by atoms with E-state index >= 15 is 0 Å². The van der Waals surface area contributed by atoms with Gasteiger partial charge in [0.25, 0.3) is 0 Å². The highest BCUT2D eigenvalue weighted by Gasteiger charge is 2.39. The van der Waals surface area contributed by atoms with Gasteiger partial charge in [0.05, 0.1) is 0 Å². The number of hydrogen-bond donors (Lipinski definition) is 1. The molecule has 0 spiro atoms. The van der Waals surface area contributed by atoms with Gasteiger partial charge in [-0.2, -0.15) is 5.06 Å². The van der Waals surface area contributed by atoms with E-state index in [9.17, 15) is 5.21 Å². The third-order valence-electron chi connectivity index (χ3n) is 11.3. The molecule has 0 aliphatic heterocycles. The molecule has 3 rings (SSSR count). The Labute approximate surface area is 290 Å². The maximum Gasteiger partial charge on any atom is 0.106 e. The summed E-state index contributed by atoms with van der Waals surface area (Å²) >= 11 is 0. The summed E-state index contributed by atoms with van der Waals surface area (Å²) < 4.78 is 0. The molecule has 0 saturated heterocycles. The van der Waals surface area contributed by atoms with Crippen LogP contribution in [-0.2, 0) is 4.79 Å². The SMILES string of the molecule is C=C(CCCCCCCN(O)CCCCCCCC)CCCC(CCCCC)CCCCC.C=O.CCCC12CCC(CC1)CC2. The van der Waals surface area contributed by atoms with Gasteiger partial charge in [-0.25, -0.2) is 0 Å². The van der Waals surface area contributed by atoms with Gasteiger partial charge in [-0.05, 0) is 101 Å². The van der Waals surface area contributed by atoms with Crippen LogP contribution in [0.15, 0.2) is 12.2 Å². The van der Waals surface area contributed by atoms with Crippen LogP contribution in [0.1, 0.15) is 227 Å². The van der Waals surface area contributed by atoms with Crippen molar-refractivity contribution in [1.82, 2.24) is 5.06 Å². The summed E-state index contributed by atoms with van der Waals surface area (Å²) in [7, 11) is 0. The van der Waals surface area contributed by atoms with Gasteiger partial charge < -0.3 is 10.0 Å². The van der Waals surface area contributed by atoms with E-state index in [1.165, 1.54) is 153 Å². The molecule has 0 atom stereocenters. The standard InChI is InChI=1S/C31H63NO.C11H20.CH2O/c1-5-8-11-12-15-20-28-32(33)29-21-16-13-14-19-23-30(4)24-22-27-31(25-17-9-6-2)26-18-10-7-3;1-2-6-11-7-3-10(4-8-11)5-9-11;1-2/h31,33H,4-29H2,1-3H3;10H,2-9H2,1H3;1H2. The first-order valence-corrected chi connectivity index (χ1v) is 20.9. The second kappa shape index (κ2) is 32.9. The molecule has 0 radical (unpaired) electrons. The van der Waals surface area contributed by atoms with Gasteiger partial charge in [0, 0.05) is 13.1 Å². The molecule has 0 heterocycles. The fourth-order valence-corrected chi connectivity index (χ4v) is 8.20. The van der Waals surface area contributed by atoms with E-state index in [2.05, 4.69) is 34.3 Å². The molecule has 3 fully saturated rings. The van der Waals surface area contributed by atoms with Crippen LogP contribution in [0.3, 0.4) is 0 Å². The Morgan fingerprint density at radius 1 is 0.609 bits per heavy atom. The van der Waals surface area contributed by atoms with Crippen molar-refractivity contribution in [2.24, 2.45) is 17.3 Å². The minimum atomic E-state index is 0.837. The molecule has 1 N–H and O–H groups in total. The van der Waals surface area contributed by atoms with E-state index in [1.54, 1.807) is 43.6 Å². The molecule has 3 heteroatoms. The number of allylic oxidation sites excluding steroid dienone is 1. The number of hydrogen-bond acceptors (Lipinski definition) is 3. The summed E-state index contributed by atoms with van der Waals surface area (Å²) in [5.41, 5.74) is 2.32. The normalized spacial score (nSPS) is 18.7. The van der Waals surface area contributed by atoms with Gasteiger partial charge in [-0.15, -0.1) is 0 Å². The molecule has 0 unspecified atom stereocenters. The minimum absolute atomic E-state index is 0.837. The molecular weight excluding hydrogens is 562 g/mol. The van der Waals surface area contributed by atoms with E-state index in [1.807, 2.05) is 6.79 Å². The topological polar surface area (TPSA) is 40.5 Å². The number of carbonyl (C=O) groups excluding carboxylic acids is 1. The van der Waals surface area contributed by atoms with Crippen molar-refractivity contribution in [2.45, 2.75) is 227 Å². The fourth-order valence-electron chi connectivity index (χ4n) is 8.20. The highest BCUT2D eigenvalue weighted by atomic mass is 16.5. The summed E-state index contributed by atoms with van der Waals surface area (Å²) in [6, 6.07) is 0. The monoisotopic (exact) mass is 648 g/mol. The maximum absolute atomic E-state index is 9.99. The van der Waals surface area contributed by atoms with E-state index in [4.69, 9.17) is 4.79 Å². The first kappa shape index (κ1) is 45.3. The molecule has 0 aromatic heterocycles. The second-order valence-corrected chi connectivity index (χ2v) is 15.5. The summed E-state index contributed by atoms with van der Waals surface area (Å²) in [5.74, 6) is 2.09. The molecule has 0 amide bonds. The zero-order valence-corrected chi connectivity index (χ0v) is 32.2. The molecule has 3 nitrogen and oxygen atoms in total. The Kier molecular flexibility index (Phi) is 32.4. The predicted molar refractivity (Wildman–Crippen MR) is 205 cm³/mol. The number of fused-ring (bicyclic) bond motifs is 3. The zero-order valence-electron chi connectivity index (χ0n) is 32.2. The van der Waals surface area contributed by atoms with Crippen LogP contribution in [0.25, 0.3) is 0 Å². The van der Waals surface area contributed by atoms with Crippen molar-refractivity contribution in [3.63, 3.8) is 0 Å². The van der Waals surface area contributed by atoms with Gasteiger partial charge in [0.1, 0.15) is 6.79 Å². The maximum atomic E-state index is 9.99.